The lowest BCUT2D eigenvalue weighted by molar-refractivity contribution is 0.0823. The molecule has 9 nitrogen and oxygen atoms in total. The van der Waals surface area contributed by atoms with Crippen molar-refractivity contribution in [3.05, 3.63) is 46.9 Å². The van der Waals surface area contributed by atoms with Gasteiger partial charge in [-0.25, -0.2) is 4.21 Å². The molecular formula is C21H27N5O4S. The van der Waals surface area contributed by atoms with Crippen LogP contribution in [-0.4, -0.2) is 45.9 Å². The molecule has 1 aliphatic heterocycles. The van der Waals surface area contributed by atoms with Crippen LogP contribution < -0.4 is 10.6 Å². The second-order valence-electron chi connectivity index (χ2n) is 7.34. The van der Waals surface area contributed by atoms with Crippen LogP contribution in [0.25, 0.3) is 0 Å². The maximum atomic E-state index is 12.6. The van der Waals surface area contributed by atoms with Gasteiger partial charge in [0.15, 0.2) is 17.4 Å². The van der Waals surface area contributed by atoms with E-state index >= 15 is 0 Å². The summed E-state index contributed by atoms with van der Waals surface area (Å²) in [6, 6.07) is 6.99. The van der Waals surface area contributed by atoms with E-state index in [0.29, 0.717) is 18.7 Å². The van der Waals surface area contributed by atoms with E-state index in [1.807, 2.05) is 32.9 Å². The van der Waals surface area contributed by atoms with E-state index in [9.17, 15) is 14.1 Å². The maximum Gasteiger partial charge on any atom is 0.269 e. The van der Waals surface area contributed by atoms with Gasteiger partial charge in [0.1, 0.15) is 11.5 Å². The van der Waals surface area contributed by atoms with Crippen LogP contribution in [0.1, 0.15) is 53.8 Å². The fourth-order valence-electron chi connectivity index (χ4n) is 3.24. The molecule has 1 aromatic heterocycles. The zero-order valence-corrected chi connectivity index (χ0v) is 19.0. The highest BCUT2D eigenvalue weighted by atomic mass is 32.2. The van der Waals surface area contributed by atoms with Crippen LogP contribution in [0.3, 0.4) is 0 Å². The van der Waals surface area contributed by atoms with Crippen molar-refractivity contribution < 1.29 is 18.5 Å². The first-order valence-electron chi connectivity index (χ1n) is 10.0. The Morgan fingerprint density at radius 2 is 1.90 bits per heavy atom. The lowest BCUT2D eigenvalue weighted by Gasteiger charge is -2.19. The molecule has 0 saturated heterocycles. The molecule has 0 saturated carbocycles. The van der Waals surface area contributed by atoms with Crippen LogP contribution in [0.2, 0.25) is 0 Å². The van der Waals surface area contributed by atoms with Crippen LogP contribution in [-0.2, 0) is 17.6 Å². The van der Waals surface area contributed by atoms with Gasteiger partial charge in [0.2, 0.25) is 0 Å². The van der Waals surface area contributed by atoms with Gasteiger partial charge in [0.05, 0.1) is 17.3 Å². The fraction of sp³-hybridized carbons (Fsp3) is 0.381. The molecule has 31 heavy (non-hydrogen) atoms. The summed E-state index contributed by atoms with van der Waals surface area (Å²) in [5, 5.41) is 17.0. The summed E-state index contributed by atoms with van der Waals surface area (Å²) >= 11 is -1.80. The van der Waals surface area contributed by atoms with Gasteiger partial charge in [-0.3, -0.25) is 4.79 Å². The van der Waals surface area contributed by atoms with Crippen LogP contribution in [0.5, 0.6) is 5.75 Å². The van der Waals surface area contributed by atoms with E-state index in [1.54, 1.807) is 26.2 Å². The first-order chi connectivity index (χ1) is 14.7. The lowest BCUT2D eigenvalue weighted by atomic mass is 10.0. The average Bonchev–Trinajstić information content (AvgIpc) is 3.31. The van der Waals surface area contributed by atoms with Crippen molar-refractivity contribution >= 4 is 34.4 Å². The molecule has 3 N–H and O–H groups in total. The van der Waals surface area contributed by atoms with Crippen molar-refractivity contribution in [3.8, 4) is 5.75 Å². The number of furan rings is 1. The number of carbonyl (C=O) groups is 1. The standard InChI is InChI=1S/C21H27N5O4S/c1-6-13-9-10-15(18(27)17(13)21(28)26(4)5)23-20-19(24-31(29)25-20)22-14(7-2)16-11-8-12(3)30-16/h8-11,14,27H,6-7H2,1-5H3,(H,22,24)(H,23,25)/t14-,31?/m1/s1. The monoisotopic (exact) mass is 445 g/mol. The number of carbonyl (C=O) groups excluding carboxylic acids is 1. The Morgan fingerprint density at radius 3 is 2.48 bits per heavy atom. The number of benzene rings is 1. The lowest BCUT2D eigenvalue weighted by Crippen LogP contribution is -2.36. The number of amides is 1. The van der Waals surface area contributed by atoms with Gasteiger partial charge in [-0.1, -0.05) is 19.9 Å². The SMILES string of the molecule is CCc1ccc(NC2=NS(=O)N=C2N[C@H](CC)c2ccc(C)o2)c(O)c1C(=O)N(C)C. The van der Waals surface area contributed by atoms with E-state index in [2.05, 4.69) is 19.4 Å². The minimum Gasteiger partial charge on any atom is -0.505 e. The Labute approximate surface area is 184 Å². The molecule has 1 amide bonds. The number of aryl methyl sites for hydroxylation is 2. The van der Waals surface area contributed by atoms with E-state index in [1.165, 1.54) is 4.90 Å². The van der Waals surface area contributed by atoms with Gasteiger partial charge in [-0.2, -0.15) is 0 Å². The molecule has 1 aromatic carbocycles. The van der Waals surface area contributed by atoms with Crippen molar-refractivity contribution in [2.45, 2.75) is 39.7 Å². The number of anilines is 1. The van der Waals surface area contributed by atoms with Gasteiger partial charge >= 0.3 is 0 Å². The number of amidine groups is 2. The van der Waals surface area contributed by atoms with Gasteiger partial charge < -0.3 is 25.1 Å². The quantitative estimate of drug-likeness (QED) is 0.588. The molecule has 0 spiro atoms. The molecule has 0 radical (unpaired) electrons. The van der Waals surface area contributed by atoms with Crippen molar-refractivity contribution in [1.29, 1.82) is 0 Å². The highest BCUT2D eigenvalue weighted by molar-refractivity contribution is 7.83. The summed E-state index contributed by atoms with van der Waals surface area (Å²) in [5.74, 6) is 1.53. The number of hydrogen-bond acceptors (Lipinski definition) is 6. The number of nitrogens with one attached hydrogen (secondary N) is 2. The molecule has 0 bridgehead atoms. The molecule has 10 heteroatoms. The summed E-state index contributed by atoms with van der Waals surface area (Å²) in [6.07, 6.45) is 1.28. The minimum absolute atomic E-state index is 0.188. The predicted octanol–water partition coefficient (Wildman–Crippen LogP) is 3.10. The van der Waals surface area contributed by atoms with Crippen LogP contribution in [0.4, 0.5) is 5.69 Å². The second-order valence-corrected chi connectivity index (χ2v) is 8.16. The van der Waals surface area contributed by atoms with Crippen LogP contribution in [0, 0.1) is 6.92 Å². The molecular weight excluding hydrogens is 418 g/mol. The van der Waals surface area contributed by atoms with Gasteiger partial charge in [-0.15, -0.1) is 8.80 Å². The zero-order valence-electron chi connectivity index (χ0n) is 18.2. The van der Waals surface area contributed by atoms with Gasteiger partial charge in [0.25, 0.3) is 17.1 Å². The summed E-state index contributed by atoms with van der Waals surface area (Å²) in [5.41, 5.74) is 1.22. The van der Waals surface area contributed by atoms with E-state index < -0.39 is 11.2 Å². The molecule has 3 rings (SSSR count). The summed E-state index contributed by atoms with van der Waals surface area (Å²) in [6.45, 7) is 5.76. The number of phenols is 1. The summed E-state index contributed by atoms with van der Waals surface area (Å²) in [4.78, 5) is 14.0. The third kappa shape index (κ3) is 4.79. The van der Waals surface area contributed by atoms with E-state index in [4.69, 9.17) is 4.42 Å². The third-order valence-electron chi connectivity index (χ3n) is 4.91. The van der Waals surface area contributed by atoms with Crippen molar-refractivity contribution in [3.63, 3.8) is 0 Å². The van der Waals surface area contributed by atoms with E-state index in [-0.39, 0.29) is 34.8 Å². The summed E-state index contributed by atoms with van der Waals surface area (Å²) < 4.78 is 25.8. The number of rotatable bonds is 6. The largest absolute Gasteiger partial charge is 0.505 e. The van der Waals surface area contributed by atoms with Gasteiger partial charge in [0, 0.05) is 14.1 Å². The highest BCUT2D eigenvalue weighted by Crippen LogP contribution is 2.32. The van der Waals surface area contributed by atoms with Crippen molar-refractivity contribution in [2.75, 3.05) is 19.4 Å². The highest BCUT2D eigenvalue weighted by Gasteiger charge is 2.26. The van der Waals surface area contributed by atoms with Gasteiger partial charge in [-0.05, 0) is 43.5 Å². The number of hydrogen-bond donors (Lipinski definition) is 3. The smallest absolute Gasteiger partial charge is 0.269 e. The van der Waals surface area contributed by atoms with Crippen LogP contribution >= 0.6 is 0 Å². The molecule has 0 fully saturated rings. The minimum atomic E-state index is -1.80. The molecule has 2 atom stereocenters. The van der Waals surface area contributed by atoms with Crippen LogP contribution in [0.15, 0.2) is 37.5 Å². The first kappa shape index (κ1) is 22.5. The molecule has 2 aromatic rings. The Bertz CT molecular complexity index is 1070. The first-order valence-corrected chi connectivity index (χ1v) is 11.1. The number of phenolic OH excluding ortho intramolecular Hbond substituents is 1. The molecule has 166 valence electrons. The Balaban J connectivity index is 1.88. The molecule has 2 heterocycles. The maximum absolute atomic E-state index is 12.6. The van der Waals surface area contributed by atoms with Crippen molar-refractivity contribution in [2.24, 2.45) is 8.80 Å². The third-order valence-corrected chi connectivity index (χ3v) is 5.58. The molecule has 1 unspecified atom stereocenters. The molecule has 0 aliphatic carbocycles. The average molecular weight is 446 g/mol. The normalized spacial score (nSPS) is 16.5. The number of nitrogens with zero attached hydrogens (tertiary/aromatic N) is 3. The zero-order chi connectivity index (χ0) is 22.7. The molecule has 1 aliphatic rings. The summed E-state index contributed by atoms with van der Waals surface area (Å²) in [7, 11) is 3.25. The fourth-order valence-corrected chi connectivity index (χ4v) is 3.86. The Kier molecular flexibility index (Phi) is 6.79. The predicted molar refractivity (Wildman–Crippen MR) is 122 cm³/mol. The topological polar surface area (TPSA) is 120 Å². The van der Waals surface area contributed by atoms with E-state index in [0.717, 1.165) is 17.1 Å². The number of aromatic hydroxyl groups is 1. The van der Waals surface area contributed by atoms with Crippen molar-refractivity contribution in [1.82, 2.24) is 10.2 Å². The Morgan fingerprint density at radius 1 is 1.19 bits per heavy atom. The second kappa shape index (κ2) is 9.34. The Hall–Kier alpha value is -3.14.